The molecule has 1 fully saturated rings. The summed E-state index contributed by atoms with van der Waals surface area (Å²) in [5, 5.41) is 7.10. The topological polar surface area (TPSA) is 76.4 Å². The number of hydrogen-bond donors (Lipinski definition) is 1. The van der Waals surface area contributed by atoms with Crippen LogP contribution in [0.25, 0.3) is 16.8 Å². The first-order valence-electron chi connectivity index (χ1n) is 8.45. The summed E-state index contributed by atoms with van der Waals surface area (Å²) < 4.78 is 1.66. The van der Waals surface area contributed by atoms with Crippen LogP contribution >= 0.6 is 0 Å². The molecule has 0 bridgehead atoms. The van der Waals surface area contributed by atoms with Crippen molar-refractivity contribution in [3.63, 3.8) is 0 Å². The van der Waals surface area contributed by atoms with E-state index in [2.05, 4.69) is 15.4 Å². The summed E-state index contributed by atoms with van der Waals surface area (Å²) in [7, 11) is 0. The standard InChI is InChI=1S/C19H18N4O2/c1-2-16(24)13-7-5-12(6-8-13)15-4-3-11-23-17(15)20-19(22-23)21-18(25)14-9-10-14/h3-8,11,14H,2,9-10H2,1H3,(H,21,22,25). The molecule has 2 aromatic heterocycles. The zero-order valence-corrected chi connectivity index (χ0v) is 13.9. The van der Waals surface area contributed by atoms with Crippen LogP contribution in [0.4, 0.5) is 5.95 Å². The third-order valence-corrected chi connectivity index (χ3v) is 4.38. The predicted molar refractivity (Wildman–Crippen MR) is 94.4 cm³/mol. The maximum atomic E-state index is 11.9. The van der Waals surface area contributed by atoms with Gasteiger partial charge in [0.1, 0.15) is 0 Å². The van der Waals surface area contributed by atoms with Crippen LogP contribution in [-0.4, -0.2) is 26.3 Å². The van der Waals surface area contributed by atoms with Gasteiger partial charge < -0.3 is 0 Å². The average molecular weight is 334 g/mol. The molecule has 3 aromatic rings. The Labute approximate surface area is 144 Å². The van der Waals surface area contributed by atoms with E-state index < -0.39 is 0 Å². The second-order valence-corrected chi connectivity index (χ2v) is 6.24. The number of nitrogens with zero attached hydrogens (tertiary/aromatic N) is 3. The van der Waals surface area contributed by atoms with Crippen LogP contribution in [0, 0.1) is 5.92 Å². The van der Waals surface area contributed by atoms with Crippen molar-refractivity contribution < 1.29 is 9.59 Å². The van der Waals surface area contributed by atoms with E-state index in [1.807, 2.05) is 43.3 Å². The van der Waals surface area contributed by atoms with E-state index in [1.54, 1.807) is 10.7 Å². The number of anilines is 1. The molecule has 1 saturated carbocycles. The maximum absolute atomic E-state index is 11.9. The largest absolute Gasteiger partial charge is 0.294 e. The summed E-state index contributed by atoms with van der Waals surface area (Å²) in [5.74, 6) is 0.536. The van der Waals surface area contributed by atoms with Crippen molar-refractivity contribution in [1.29, 1.82) is 0 Å². The zero-order chi connectivity index (χ0) is 17.4. The number of Topliss-reactive ketones (excluding diaryl/α,β-unsaturated/α-hetero) is 1. The Kier molecular flexibility index (Phi) is 3.80. The number of amides is 1. The van der Waals surface area contributed by atoms with Crippen molar-refractivity contribution in [2.75, 3.05) is 5.32 Å². The number of nitrogens with one attached hydrogen (secondary N) is 1. The van der Waals surface area contributed by atoms with Crippen LogP contribution in [0.2, 0.25) is 0 Å². The Morgan fingerprint density at radius 2 is 1.96 bits per heavy atom. The summed E-state index contributed by atoms with van der Waals surface area (Å²) >= 11 is 0. The van der Waals surface area contributed by atoms with E-state index in [0.29, 0.717) is 23.6 Å². The zero-order valence-electron chi connectivity index (χ0n) is 13.9. The second-order valence-electron chi connectivity index (χ2n) is 6.24. The highest BCUT2D eigenvalue weighted by Crippen LogP contribution is 2.30. The molecule has 1 aromatic carbocycles. The van der Waals surface area contributed by atoms with Crippen LogP contribution in [0.5, 0.6) is 0 Å². The van der Waals surface area contributed by atoms with Crippen molar-refractivity contribution in [3.05, 3.63) is 48.2 Å². The lowest BCUT2D eigenvalue weighted by molar-refractivity contribution is -0.117. The SMILES string of the molecule is CCC(=O)c1ccc(-c2cccn3nc(NC(=O)C4CC4)nc23)cc1. The number of fused-ring (bicyclic) bond motifs is 1. The van der Waals surface area contributed by atoms with Gasteiger partial charge in [-0.2, -0.15) is 4.98 Å². The molecular formula is C19H18N4O2. The van der Waals surface area contributed by atoms with Gasteiger partial charge in [0, 0.05) is 29.7 Å². The minimum atomic E-state index is -0.0140. The van der Waals surface area contributed by atoms with Crippen molar-refractivity contribution in [1.82, 2.24) is 14.6 Å². The number of carbonyl (C=O) groups is 2. The first kappa shape index (κ1) is 15.5. The number of aromatic nitrogens is 3. The van der Waals surface area contributed by atoms with E-state index in [1.165, 1.54) is 0 Å². The molecule has 0 aliphatic heterocycles. The summed E-state index contributed by atoms with van der Waals surface area (Å²) in [6, 6.07) is 11.3. The van der Waals surface area contributed by atoms with Crippen LogP contribution < -0.4 is 5.32 Å². The fourth-order valence-electron chi connectivity index (χ4n) is 2.78. The van der Waals surface area contributed by atoms with Gasteiger partial charge >= 0.3 is 0 Å². The first-order chi connectivity index (χ1) is 12.2. The monoisotopic (exact) mass is 334 g/mol. The van der Waals surface area contributed by atoms with E-state index in [-0.39, 0.29) is 17.6 Å². The van der Waals surface area contributed by atoms with Crippen LogP contribution in [0.3, 0.4) is 0 Å². The molecule has 25 heavy (non-hydrogen) atoms. The molecule has 2 heterocycles. The number of hydrogen-bond acceptors (Lipinski definition) is 4. The predicted octanol–water partition coefficient (Wildman–Crippen LogP) is 3.34. The lowest BCUT2D eigenvalue weighted by Gasteiger charge is -2.04. The maximum Gasteiger partial charge on any atom is 0.249 e. The molecule has 0 radical (unpaired) electrons. The molecule has 0 spiro atoms. The quantitative estimate of drug-likeness (QED) is 0.726. The Hall–Kier alpha value is -3.02. The highest BCUT2D eigenvalue weighted by atomic mass is 16.2. The van der Waals surface area contributed by atoms with Crippen molar-refractivity contribution >= 4 is 23.3 Å². The van der Waals surface area contributed by atoms with Gasteiger partial charge in [-0.15, -0.1) is 5.10 Å². The van der Waals surface area contributed by atoms with E-state index >= 15 is 0 Å². The molecule has 4 rings (SSSR count). The molecule has 1 aliphatic rings. The molecule has 0 unspecified atom stereocenters. The van der Waals surface area contributed by atoms with Gasteiger partial charge in [-0.25, -0.2) is 4.52 Å². The summed E-state index contributed by atoms with van der Waals surface area (Å²) in [6.07, 6.45) is 4.16. The van der Waals surface area contributed by atoms with Crippen LogP contribution in [-0.2, 0) is 4.79 Å². The minimum Gasteiger partial charge on any atom is -0.294 e. The Morgan fingerprint density at radius 3 is 2.64 bits per heavy atom. The minimum absolute atomic E-state index is 0.0140. The molecular weight excluding hydrogens is 316 g/mol. The van der Waals surface area contributed by atoms with Crippen molar-refractivity contribution in [2.45, 2.75) is 26.2 Å². The van der Waals surface area contributed by atoms with Gasteiger partial charge in [0.2, 0.25) is 11.9 Å². The summed E-state index contributed by atoms with van der Waals surface area (Å²) in [4.78, 5) is 28.1. The fraction of sp³-hybridized carbons (Fsp3) is 0.263. The van der Waals surface area contributed by atoms with Gasteiger partial charge in [-0.3, -0.25) is 14.9 Å². The van der Waals surface area contributed by atoms with E-state index in [4.69, 9.17) is 0 Å². The third-order valence-electron chi connectivity index (χ3n) is 4.38. The lowest BCUT2D eigenvalue weighted by atomic mass is 10.0. The highest BCUT2D eigenvalue weighted by Gasteiger charge is 2.30. The average Bonchev–Trinajstić information content (AvgIpc) is 3.41. The molecule has 1 aliphatic carbocycles. The normalized spacial score (nSPS) is 13.8. The number of pyridine rings is 1. The first-order valence-corrected chi connectivity index (χ1v) is 8.45. The smallest absolute Gasteiger partial charge is 0.249 e. The van der Waals surface area contributed by atoms with Crippen LogP contribution in [0.1, 0.15) is 36.5 Å². The van der Waals surface area contributed by atoms with E-state index in [9.17, 15) is 9.59 Å². The number of benzene rings is 1. The van der Waals surface area contributed by atoms with Crippen molar-refractivity contribution in [3.8, 4) is 11.1 Å². The summed E-state index contributed by atoms with van der Waals surface area (Å²) in [5.41, 5.74) is 3.23. The Bertz CT molecular complexity index is 955. The number of ketones is 1. The van der Waals surface area contributed by atoms with Gasteiger partial charge in [0.15, 0.2) is 11.4 Å². The van der Waals surface area contributed by atoms with Gasteiger partial charge in [0.05, 0.1) is 0 Å². The van der Waals surface area contributed by atoms with Crippen LogP contribution in [0.15, 0.2) is 42.6 Å². The van der Waals surface area contributed by atoms with Crippen molar-refractivity contribution in [2.24, 2.45) is 5.92 Å². The molecule has 1 N–H and O–H groups in total. The molecule has 0 atom stereocenters. The van der Waals surface area contributed by atoms with Gasteiger partial charge in [-0.1, -0.05) is 31.2 Å². The number of rotatable bonds is 5. The van der Waals surface area contributed by atoms with Gasteiger partial charge in [0.25, 0.3) is 0 Å². The van der Waals surface area contributed by atoms with E-state index in [0.717, 1.165) is 24.0 Å². The molecule has 126 valence electrons. The molecule has 0 saturated heterocycles. The lowest BCUT2D eigenvalue weighted by Crippen LogP contribution is -2.14. The molecule has 6 heteroatoms. The fourth-order valence-corrected chi connectivity index (χ4v) is 2.78. The summed E-state index contributed by atoms with van der Waals surface area (Å²) in [6.45, 7) is 1.85. The molecule has 6 nitrogen and oxygen atoms in total. The Morgan fingerprint density at radius 1 is 1.20 bits per heavy atom. The second kappa shape index (κ2) is 6.12. The third kappa shape index (κ3) is 3.03. The van der Waals surface area contributed by atoms with Gasteiger partial charge in [-0.05, 0) is 30.5 Å². The number of carbonyl (C=O) groups excluding carboxylic acids is 2. The highest BCUT2D eigenvalue weighted by molar-refractivity contribution is 5.96. The Balaban J connectivity index is 1.68. The molecule has 1 amide bonds.